The van der Waals surface area contributed by atoms with E-state index in [4.69, 9.17) is 0 Å². The second-order valence-corrected chi connectivity index (χ2v) is 5.04. The zero-order valence-corrected chi connectivity index (χ0v) is 12.0. The van der Waals surface area contributed by atoms with Crippen LogP contribution in [0.4, 0.5) is 10.8 Å². The maximum atomic E-state index is 10.8. The van der Waals surface area contributed by atoms with Crippen molar-refractivity contribution in [2.45, 2.75) is 13.8 Å². The van der Waals surface area contributed by atoms with Gasteiger partial charge < -0.3 is 0 Å². The molecule has 3 N–H and O–H groups in total. The molecular formula is C13H15N5OS. The van der Waals surface area contributed by atoms with Crippen molar-refractivity contribution < 1.29 is 4.79 Å². The number of thiazole rings is 1. The molecule has 1 aromatic heterocycles. The second kappa shape index (κ2) is 6.67. The lowest BCUT2D eigenvalue weighted by Gasteiger charge is -2.01. The summed E-state index contributed by atoms with van der Waals surface area (Å²) in [7, 11) is 0. The van der Waals surface area contributed by atoms with Crippen LogP contribution in [-0.2, 0) is 4.79 Å². The van der Waals surface area contributed by atoms with Crippen LogP contribution in [0.3, 0.4) is 0 Å². The summed E-state index contributed by atoms with van der Waals surface area (Å²) in [4.78, 5) is 15.9. The third-order valence-electron chi connectivity index (χ3n) is 2.33. The number of benzene rings is 1. The molecule has 0 bridgehead atoms. The molecule has 0 aliphatic heterocycles. The molecule has 0 atom stereocenters. The SMILES string of the molecule is CC(=O)NNc1ncc(/C(C)=N/Nc2ccccc2)s1. The van der Waals surface area contributed by atoms with Crippen LogP contribution in [0.2, 0.25) is 0 Å². The Kier molecular flexibility index (Phi) is 4.67. The fourth-order valence-electron chi connectivity index (χ4n) is 1.36. The first-order valence-electron chi connectivity index (χ1n) is 5.99. The molecule has 6 nitrogen and oxygen atoms in total. The summed E-state index contributed by atoms with van der Waals surface area (Å²) in [5.41, 5.74) is 9.93. The average molecular weight is 289 g/mol. The normalized spacial score (nSPS) is 11.0. The van der Waals surface area contributed by atoms with Gasteiger partial charge in [0.2, 0.25) is 11.0 Å². The van der Waals surface area contributed by atoms with Crippen molar-refractivity contribution in [3.05, 3.63) is 41.4 Å². The van der Waals surface area contributed by atoms with Crippen LogP contribution >= 0.6 is 11.3 Å². The van der Waals surface area contributed by atoms with Gasteiger partial charge in [-0.1, -0.05) is 29.5 Å². The van der Waals surface area contributed by atoms with Crippen LogP contribution < -0.4 is 16.3 Å². The van der Waals surface area contributed by atoms with Crippen molar-refractivity contribution >= 4 is 33.8 Å². The van der Waals surface area contributed by atoms with Gasteiger partial charge in [0.25, 0.3) is 0 Å². The minimum atomic E-state index is -0.169. The molecule has 0 saturated carbocycles. The van der Waals surface area contributed by atoms with E-state index in [9.17, 15) is 4.79 Å². The highest BCUT2D eigenvalue weighted by molar-refractivity contribution is 7.17. The fourth-order valence-corrected chi connectivity index (χ4v) is 2.07. The molecule has 20 heavy (non-hydrogen) atoms. The van der Waals surface area contributed by atoms with Crippen LogP contribution in [0.5, 0.6) is 0 Å². The Bertz CT molecular complexity index is 608. The van der Waals surface area contributed by atoms with Crippen LogP contribution in [0.25, 0.3) is 0 Å². The van der Waals surface area contributed by atoms with Gasteiger partial charge in [-0.2, -0.15) is 5.10 Å². The Morgan fingerprint density at radius 1 is 1.25 bits per heavy atom. The molecule has 0 spiro atoms. The Balaban J connectivity index is 1.98. The molecule has 0 radical (unpaired) electrons. The van der Waals surface area contributed by atoms with E-state index >= 15 is 0 Å². The van der Waals surface area contributed by atoms with E-state index in [2.05, 4.69) is 26.4 Å². The quantitative estimate of drug-likeness (QED) is 0.583. The number of carbonyl (C=O) groups excluding carboxylic acids is 1. The van der Waals surface area contributed by atoms with E-state index in [1.54, 1.807) is 6.20 Å². The number of rotatable bonds is 5. The van der Waals surface area contributed by atoms with Crippen LogP contribution in [0.15, 0.2) is 41.6 Å². The van der Waals surface area contributed by atoms with E-state index in [1.165, 1.54) is 18.3 Å². The first-order chi connectivity index (χ1) is 9.65. The van der Waals surface area contributed by atoms with Gasteiger partial charge in [-0.05, 0) is 19.1 Å². The maximum absolute atomic E-state index is 10.8. The highest BCUT2D eigenvalue weighted by atomic mass is 32.1. The van der Waals surface area contributed by atoms with E-state index in [0.717, 1.165) is 16.3 Å². The van der Waals surface area contributed by atoms with Gasteiger partial charge in [-0.3, -0.25) is 21.1 Å². The highest BCUT2D eigenvalue weighted by Crippen LogP contribution is 2.18. The topological polar surface area (TPSA) is 78.4 Å². The van der Waals surface area contributed by atoms with Crippen molar-refractivity contribution in [2.75, 3.05) is 10.9 Å². The van der Waals surface area contributed by atoms with Gasteiger partial charge in [-0.15, -0.1) is 0 Å². The summed E-state index contributed by atoms with van der Waals surface area (Å²) in [5, 5.41) is 4.91. The summed E-state index contributed by atoms with van der Waals surface area (Å²) in [6.07, 6.45) is 1.71. The van der Waals surface area contributed by atoms with E-state index in [-0.39, 0.29) is 5.91 Å². The number of aromatic nitrogens is 1. The van der Waals surface area contributed by atoms with Crippen LogP contribution in [0.1, 0.15) is 18.7 Å². The van der Waals surface area contributed by atoms with E-state index in [0.29, 0.717) is 5.13 Å². The van der Waals surface area contributed by atoms with Gasteiger partial charge in [0, 0.05) is 13.1 Å². The minimum Gasteiger partial charge on any atom is -0.278 e. The van der Waals surface area contributed by atoms with Crippen molar-refractivity contribution in [3.8, 4) is 0 Å². The minimum absolute atomic E-state index is 0.169. The Labute approximate surface area is 120 Å². The summed E-state index contributed by atoms with van der Waals surface area (Å²) in [6, 6.07) is 9.70. The van der Waals surface area contributed by atoms with Crippen molar-refractivity contribution in [1.29, 1.82) is 0 Å². The van der Waals surface area contributed by atoms with Gasteiger partial charge in [0.05, 0.1) is 16.3 Å². The maximum Gasteiger partial charge on any atom is 0.235 e. The van der Waals surface area contributed by atoms with Gasteiger partial charge in [0.15, 0.2) is 0 Å². The molecule has 1 aromatic carbocycles. The lowest BCUT2D eigenvalue weighted by atomic mass is 10.3. The summed E-state index contributed by atoms with van der Waals surface area (Å²) in [5.74, 6) is -0.169. The number of amides is 1. The molecular weight excluding hydrogens is 274 g/mol. The molecule has 1 heterocycles. The van der Waals surface area contributed by atoms with E-state index < -0.39 is 0 Å². The first-order valence-corrected chi connectivity index (χ1v) is 6.81. The first kappa shape index (κ1) is 14.0. The second-order valence-electron chi connectivity index (χ2n) is 4.01. The Morgan fingerprint density at radius 2 is 2.00 bits per heavy atom. The fraction of sp³-hybridized carbons (Fsp3) is 0.154. The van der Waals surface area contributed by atoms with Gasteiger partial charge in [-0.25, -0.2) is 4.98 Å². The van der Waals surface area contributed by atoms with Gasteiger partial charge in [0.1, 0.15) is 0 Å². The third kappa shape index (κ3) is 4.06. The Hall–Kier alpha value is -2.41. The zero-order chi connectivity index (χ0) is 14.4. The lowest BCUT2D eigenvalue weighted by Crippen LogP contribution is -2.26. The van der Waals surface area contributed by atoms with Gasteiger partial charge >= 0.3 is 0 Å². The lowest BCUT2D eigenvalue weighted by molar-refractivity contribution is -0.118. The molecule has 2 rings (SSSR count). The molecule has 0 aliphatic rings. The molecule has 0 aliphatic carbocycles. The number of hydrogen-bond donors (Lipinski definition) is 3. The number of hydrazone groups is 1. The van der Waals surface area contributed by atoms with Crippen LogP contribution in [-0.4, -0.2) is 16.6 Å². The predicted molar refractivity (Wildman–Crippen MR) is 81.8 cm³/mol. The Morgan fingerprint density at radius 3 is 2.70 bits per heavy atom. The predicted octanol–water partition coefficient (Wildman–Crippen LogP) is 2.44. The summed E-state index contributed by atoms with van der Waals surface area (Å²) >= 11 is 1.41. The monoisotopic (exact) mass is 289 g/mol. The largest absolute Gasteiger partial charge is 0.278 e. The standard InChI is InChI=1S/C13H15N5OS/c1-9(15-17-11-6-4-3-5-7-11)12-8-14-13(20-12)18-16-10(2)19/h3-8,17H,1-2H3,(H,14,18)(H,16,19)/b15-9+. The molecule has 104 valence electrons. The number of nitrogens with one attached hydrogen (secondary N) is 3. The van der Waals surface area contributed by atoms with Crippen molar-refractivity contribution in [3.63, 3.8) is 0 Å². The van der Waals surface area contributed by atoms with Crippen LogP contribution in [0, 0.1) is 0 Å². The molecule has 1 amide bonds. The molecule has 7 heteroatoms. The summed E-state index contributed by atoms with van der Waals surface area (Å²) < 4.78 is 0. The summed E-state index contributed by atoms with van der Waals surface area (Å²) in [6.45, 7) is 3.32. The van der Waals surface area contributed by atoms with Crippen molar-refractivity contribution in [1.82, 2.24) is 10.4 Å². The number of anilines is 2. The molecule has 0 unspecified atom stereocenters. The molecule has 2 aromatic rings. The highest BCUT2D eigenvalue weighted by Gasteiger charge is 2.05. The number of hydrazine groups is 1. The number of nitrogens with zero attached hydrogens (tertiary/aromatic N) is 2. The average Bonchev–Trinajstić information content (AvgIpc) is 2.92. The third-order valence-corrected chi connectivity index (χ3v) is 3.36. The molecule has 0 fully saturated rings. The number of para-hydroxylation sites is 1. The zero-order valence-electron chi connectivity index (χ0n) is 11.2. The molecule has 0 saturated heterocycles. The van der Waals surface area contributed by atoms with Crippen molar-refractivity contribution in [2.24, 2.45) is 5.10 Å². The number of hydrogen-bond acceptors (Lipinski definition) is 6. The van der Waals surface area contributed by atoms with E-state index in [1.807, 2.05) is 37.3 Å². The number of carbonyl (C=O) groups is 1. The smallest absolute Gasteiger partial charge is 0.235 e.